The first-order chi connectivity index (χ1) is 23.5. The monoisotopic (exact) mass is 666 g/mol. The van der Waals surface area contributed by atoms with Gasteiger partial charge in [-0.25, -0.2) is 4.98 Å². The molecule has 1 atom stereocenters. The summed E-state index contributed by atoms with van der Waals surface area (Å²) in [6.45, 7) is 5.56. The number of carbonyl (C=O) groups is 4. The van der Waals surface area contributed by atoms with Crippen LogP contribution in [0.15, 0.2) is 67.0 Å². The fraction of sp³-hybridized carbons (Fsp3) is 0.361. The molecule has 0 spiro atoms. The molecule has 3 amide bonds. The number of carbonyl (C=O) groups excluding carboxylic acids is 4. The first-order valence-corrected chi connectivity index (χ1v) is 16.3. The summed E-state index contributed by atoms with van der Waals surface area (Å²) in [7, 11) is 3.53. The highest BCUT2D eigenvalue weighted by molar-refractivity contribution is 6.11. The number of nitrogens with zero attached hydrogens (tertiary/aromatic N) is 5. The van der Waals surface area contributed by atoms with Crippen molar-refractivity contribution in [2.24, 2.45) is 7.05 Å². The molecule has 0 aliphatic carbocycles. The van der Waals surface area contributed by atoms with Gasteiger partial charge in [-0.05, 0) is 80.8 Å². The van der Waals surface area contributed by atoms with E-state index in [1.807, 2.05) is 53.8 Å². The molecule has 2 aromatic carbocycles. The molecule has 49 heavy (non-hydrogen) atoms. The number of amides is 3. The number of aryl methyl sites for hydroxylation is 1. The lowest BCUT2D eigenvalue weighted by Crippen LogP contribution is -2.51. The molecule has 4 aromatic rings. The number of anilines is 1. The zero-order valence-electron chi connectivity index (χ0n) is 28.3. The summed E-state index contributed by atoms with van der Waals surface area (Å²) in [5.41, 5.74) is 3.00. The van der Waals surface area contributed by atoms with Crippen molar-refractivity contribution in [2.45, 2.75) is 45.1 Å². The van der Waals surface area contributed by atoms with Crippen molar-refractivity contribution in [1.29, 1.82) is 5.41 Å². The molecule has 13 nitrogen and oxygen atoms in total. The molecule has 0 saturated carbocycles. The van der Waals surface area contributed by atoms with Crippen molar-refractivity contribution in [1.82, 2.24) is 29.7 Å². The highest BCUT2D eigenvalue weighted by atomic mass is 16.5. The number of rotatable bonds is 12. The Hall–Kier alpha value is -5.59. The number of nitrogens with one attached hydrogen (secondary N) is 3. The van der Waals surface area contributed by atoms with Gasteiger partial charge in [0.1, 0.15) is 18.1 Å². The molecule has 0 bridgehead atoms. The Labute approximate surface area is 285 Å². The number of hydrogen-bond donors (Lipinski definition) is 3. The van der Waals surface area contributed by atoms with Gasteiger partial charge in [0, 0.05) is 57.4 Å². The number of amidine groups is 1. The minimum atomic E-state index is -1.07. The zero-order chi connectivity index (χ0) is 35.1. The smallest absolute Gasteiger partial charge is 0.315 e. The molecule has 1 fully saturated rings. The number of aromatic nitrogens is 3. The van der Waals surface area contributed by atoms with Gasteiger partial charge >= 0.3 is 5.97 Å². The summed E-state index contributed by atoms with van der Waals surface area (Å²) in [5.74, 6) is -0.723. The lowest BCUT2D eigenvalue weighted by molar-refractivity contribution is -0.148. The second-order valence-electron chi connectivity index (χ2n) is 12.4. The number of benzene rings is 2. The maximum absolute atomic E-state index is 14.0. The third kappa shape index (κ3) is 7.94. The number of esters is 1. The molecule has 2 aromatic heterocycles. The van der Waals surface area contributed by atoms with Gasteiger partial charge in [-0.2, -0.15) is 0 Å². The van der Waals surface area contributed by atoms with Gasteiger partial charge < -0.3 is 29.7 Å². The second-order valence-corrected chi connectivity index (χ2v) is 12.4. The predicted molar refractivity (Wildman–Crippen MR) is 185 cm³/mol. The van der Waals surface area contributed by atoms with Gasteiger partial charge in [-0.1, -0.05) is 6.07 Å². The topological polar surface area (TPSA) is 163 Å². The van der Waals surface area contributed by atoms with E-state index in [-0.39, 0.29) is 31.3 Å². The van der Waals surface area contributed by atoms with Gasteiger partial charge in [0.25, 0.3) is 5.91 Å². The predicted octanol–water partition coefficient (Wildman–Crippen LogP) is 3.63. The summed E-state index contributed by atoms with van der Waals surface area (Å²) < 4.78 is 6.94. The average molecular weight is 667 g/mol. The third-order valence-electron chi connectivity index (χ3n) is 8.84. The number of hydrogen-bond acceptors (Lipinski definition) is 9. The number of likely N-dealkylation sites (tertiary alicyclic amines) is 1. The first kappa shape index (κ1) is 34.7. The summed E-state index contributed by atoms with van der Waals surface area (Å²) in [4.78, 5) is 63.5. The molecule has 1 aliphatic heterocycles. The third-order valence-corrected chi connectivity index (χ3v) is 8.84. The van der Waals surface area contributed by atoms with Gasteiger partial charge in [-0.15, -0.1) is 0 Å². The van der Waals surface area contributed by atoms with Crippen LogP contribution in [0.4, 0.5) is 5.69 Å². The number of likely N-dealkylation sites (N-methyl/N-ethyl adjacent to an activating group) is 1. The summed E-state index contributed by atoms with van der Waals surface area (Å²) >= 11 is 0. The molecule has 256 valence electrons. The summed E-state index contributed by atoms with van der Waals surface area (Å²) in [6.07, 6.45) is 4.51. The Balaban J connectivity index is 1.30. The van der Waals surface area contributed by atoms with Crippen LogP contribution in [0.25, 0.3) is 11.0 Å². The molecule has 5 rings (SSSR count). The largest absolute Gasteiger partial charge is 0.466 e. The highest BCUT2D eigenvalue weighted by Gasteiger charge is 2.41. The fourth-order valence-electron chi connectivity index (χ4n) is 6.03. The van der Waals surface area contributed by atoms with E-state index < -0.39 is 23.2 Å². The average Bonchev–Trinajstić information content (AvgIpc) is 3.75. The standard InChI is InChI=1S/C36H42N8O5/c1-5-49-32(46)20-31(45)42(3)23-36(2,35(48)44-17-6-7-18-44)26-12-15-29-28(19-26)40-30(43(29)4)22-39-27-13-10-24(11-14-27)33(37)41-34(47)25-9-8-16-38-21-25/h8-16,19,21,39H,5-7,17-18,20,22-23H2,1-4H3,(H2,37,41,47). The van der Waals surface area contributed by atoms with E-state index in [1.165, 1.54) is 11.1 Å². The maximum atomic E-state index is 14.0. The van der Waals surface area contributed by atoms with Crippen molar-refractivity contribution in [2.75, 3.05) is 38.6 Å². The summed E-state index contributed by atoms with van der Waals surface area (Å²) in [6, 6.07) is 16.2. The molecule has 3 heterocycles. The van der Waals surface area contributed by atoms with Crippen molar-refractivity contribution in [3.05, 3.63) is 89.5 Å². The van der Waals surface area contributed by atoms with E-state index >= 15 is 0 Å². The number of imidazole rings is 1. The van der Waals surface area contributed by atoms with Crippen LogP contribution in [-0.4, -0.2) is 87.2 Å². The van der Waals surface area contributed by atoms with Gasteiger partial charge in [0.2, 0.25) is 11.8 Å². The van der Waals surface area contributed by atoms with E-state index in [2.05, 4.69) is 15.6 Å². The van der Waals surface area contributed by atoms with E-state index in [0.29, 0.717) is 36.3 Å². The van der Waals surface area contributed by atoms with Crippen LogP contribution in [0.5, 0.6) is 0 Å². The molecular weight excluding hydrogens is 624 g/mol. The molecule has 1 saturated heterocycles. The maximum Gasteiger partial charge on any atom is 0.315 e. The van der Waals surface area contributed by atoms with Crippen LogP contribution >= 0.6 is 0 Å². The van der Waals surface area contributed by atoms with E-state index in [1.54, 1.807) is 44.4 Å². The van der Waals surface area contributed by atoms with Crippen LogP contribution in [0, 0.1) is 5.41 Å². The molecule has 0 radical (unpaired) electrons. The molecule has 1 aliphatic rings. The van der Waals surface area contributed by atoms with Crippen molar-refractivity contribution < 1.29 is 23.9 Å². The Morgan fingerprint density at radius 2 is 1.78 bits per heavy atom. The molecule has 1 unspecified atom stereocenters. The lowest BCUT2D eigenvalue weighted by atomic mass is 9.80. The van der Waals surface area contributed by atoms with Crippen molar-refractivity contribution in [3.63, 3.8) is 0 Å². The van der Waals surface area contributed by atoms with Gasteiger partial charge in [0.15, 0.2) is 0 Å². The summed E-state index contributed by atoms with van der Waals surface area (Å²) in [5, 5.41) is 14.2. The Morgan fingerprint density at radius 1 is 1.04 bits per heavy atom. The first-order valence-electron chi connectivity index (χ1n) is 16.3. The van der Waals surface area contributed by atoms with Crippen molar-refractivity contribution in [3.8, 4) is 0 Å². The molecule has 13 heteroatoms. The Kier molecular flexibility index (Phi) is 10.7. The van der Waals surface area contributed by atoms with Crippen LogP contribution in [-0.2, 0) is 38.1 Å². The van der Waals surface area contributed by atoms with E-state index in [9.17, 15) is 19.2 Å². The Morgan fingerprint density at radius 3 is 2.45 bits per heavy atom. The molecule has 3 N–H and O–H groups in total. The van der Waals surface area contributed by atoms with E-state index in [0.717, 1.165) is 35.4 Å². The minimum absolute atomic E-state index is 0.0173. The normalized spacial score (nSPS) is 13.8. The lowest BCUT2D eigenvalue weighted by Gasteiger charge is -2.36. The van der Waals surface area contributed by atoms with Gasteiger partial charge in [0.05, 0.1) is 35.2 Å². The van der Waals surface area contributed by atoms with Crippen LogP contribution < -0.4 is 10.6 Å². The minimum Gasteiger partial charge on any atom is -0.466 e. The highest BCUT2D eigenvalue weighted by Crippen LogP contribution is 2.32. The fourth-order valence-corrected chi connectivity index (χ4v) is 6.03. The van der Waals surface area contributed by atoms with Crippen LogP contribution in [0.2, 0.25) is 0 Å². The van der Waals surface area contributed by atoms with E-state index in [4.69, 9.17) is 15.1 Å². The number of pyridine rings is 1. The zero-order valence-corrected chi connectivity index (χ0v) is 28.3. The number of ether oxygens (including phenoxy) is 1. The Bertz CT molecular complexity index is 1850. The molecular formula is C36H42N8O5. The van der Waals surface area contributed by atoms with Crippen molar-refractivity contribution >= 4 is 46.2 Å². The van der Waals surface area contributed by atoms with Crippen LogP contribution in [0.3, 0.4) is 0 Å². The number of fused-ring (bicyclic) bond motifs is 1. The SMILES string of the molecule is CCOC(=O)CC(=O)N(C)CC(C)(C(=O)N1CCCC1)c1ccc2c(c1)nc(CNc1ccc(C(=N)NC(=O)c3cccnc3)cc1)n2C. The second kappa shape index (κ2) is 15.1. The van der Waals surface area contributed by atoms with Crippen LogP contribution in [0.1, 0.15) is 60.4 Å². The van der Waals surface area contributed by atoms with Gasteiger partial charge in [-0.3, -0.25) is 29.6 Å². The quantitative estimate of drug-likeness (QED) is 0.0894.